The molecule has 5 nitrogen and oxygen atoms in total. The van der Waals surface area contributed by atoms with Gasteiger partial charge in [-0.3, -0.25) is 9.69 Å². The van der Waals surface area contributed by atoms with Gasteiger partial charge in [-0.15, -0.1) is 0 Å². The molecule has 1 aliphatic rings. The summed E-state index contributed by atoms with van der Waals surface area (Å²) in [6.07, 6.45) is 1.05. The third kappa shape index (κ3) is 7.48. The number of carbonyl (C=O) groups is 1. The first-order chi connectivity index (χ1) is 11.2. The summed E-state index contributed by atoms with van der Waals surface area (Å²) in [5, 5.41) is 0. The summed E-state index contributed by atoms with van der Waals surface area (Å²) < 4.78 is 9.15. The van der Waals surface area contributed by atoms with E-state index in [4.69, 9.17) is 4.74 Å². The van der Waals surface area contributed by atoms with Gasteiger partial charge in [-0.1, -0.05) is 25.1 Å². The minimum atomic E-state index is 0.448. The molecule has 1 atom stereocenters. The quantitative estimate of drug-likeness (QED) is 0.721. The third-order valence-corrected chi connectivity index (χ3v) is 3.99. The van der Waals surface area contributed by atoms with Crippen LogP contribution in [0.3, 0.4) is 0 Å². The van der Waals surface area contributed by atoms with Gasteiger partial charge in [0.2, 0.25) is 0 Å². The van der Waals surface area contributed by atoms with E-state index in [0.717, 1.165) is 39.1 Å². The van der Waals surface area contributed by atoms with Gasteiger partial charge in [0.25, 0.3) is 6.47 Å². The molecule has 0 aromatic heterocycles. The number of anilines is 1. The zero-order valence-electron chi connectivity index (χ0n) is 14.6. The third-order valence-electron chi connectivity index (χ3n) is 3.99. The molecule has 1 saturated heterocycles. The molecule has 23 heavy (non-hydrogen) atoms. The van der Waals surface area contributed by atoms with Crippen LogP contribution in [0.15, 0.2) is 30.3 Å². The Morgan fingerprint density at radius 3 is 2.26 bits per heavy atom. The van der Waals surface area contributed by atoms with Crippen LogP contribution in [-0.2, 0) is 14.3 Å². The molecule has 5 heteroatoms. The summed E-state index contributed by atoms with van der Waals surface area (Å²) in [4.78, 5) is 15.2. The Balaban J connectivity index is 0.000000816. The minimum Gasteiger partial charge on any atom is -0.468 e. The van der Waals surface area contributed by atoms with Crippen LogP contribution in [0.4, 0.5) is 5.69 Å². The molecule has 2 rings (SSSR count). The molecule has 0 amide bonds. The van der Waals surface area contributed by atoms with Gasteiger partial charge in [0.15, 0.2) is 0 Å². The number of hydrogen-bond acceptors (Lipinski definition) is 5. The largest absolute Gasteiger partial charge is 0.468 e. The highest BCUT2D eigenvalue weighted by Gasteiger charge is 2.19. The smallest absolute Gasteiger partial charge is 0.293 e. The predicted octanol–water partition coefficient (Wildman–Crippen LogP) is 2.27. The van der Waals surface area contributed by atoms with Crippen LogP contribution in [0.5, 0.6) is 0 Å². The van der Waals surface area contributed by atoms with Crippen molar-refractivity contribution in [2.45, 2.75) is 13.3 Å². The number of para-hydroxylation sites is 1. The van der Waals surface area contributed by atoms with E-state index in [2.05, 4.69) is 51.8 Å². The number of rotatable bonds is 7. The van der Waals surface area contributed by atoms with Gasteiger partial charge >= 0.3 is 0 Å². The summed E-state index contributed by atoms with van der Waals surface area (Å²) in [6.45, 7) is 8.55. The van der Waals surface area contributed by atoms with Crippen LogP contribution < -0.4 is 4.90 Å². The maximum Gasteiger partial charge on any atom is 0.293 e. The van der Waals surface area contributed by atoms with E-state index in [9.17, 15) is 4.79 Å². The normalized spacial score (nSPS) is 16.2. The van der Waals surface area contributed by atoms with Crippen molar-refractivity contribution in [3.05, 3.63) is 30.3 Å². The Hall–Kier alpha value is -1.59. The van der Waals surface area contributed by atoms with Crippen molar-refractivity contribution in [2.75, 3.05) is 58.5 Å². The standard InChI is InChI=1S/C16H24N2O2.C2H6O/c1-2-15(13-20-14-19)12-17-8-10-18(11-9-17)16-6-4-3-5-7-16;1-3-2/h3-7,14-15H,2,8-13H2,1H3;1-2H3. The number of ether oxygens (including phenoxy) is 2. The van der Waals surface area contributed by atoms with E-state index >= 15 is 0 Å². The lowest BCUT2D eigenvalue weighted by Crippen LogP contribution is -2.48. The predicted molar refractivity (Wildman–Crippen MR) is 93.8 cm³/mol. The zero-order valence-corrected chi connectivity index (χ0v) is 14.6. The van der Waals surface area contributed by atoms with E-state index < -0.39 is 0 Å². The Labute approximate surface area is 140 Å². The van der Waals surface area contributed by atoms with Crippen LogP contribution in [0.1, 0.15) is 13.3 Å². The van der Waals surface area contributed by atoms with Crippen molar-refractivity contribution >= 4 is 12.2 Å². The topological polar surface area (TPSA) is 42.0 Å². The van der Waals surface area contributed by atoms with Crippen molar-refractivity contribution in [1.82, 2.24) is 4.90 Å². The monoisotopic (exact) mass is 322 g/mol. The second kappa shape index (κ2) is 11.9. The molecule has 0 saturated carbocycles. The molecule has 0 spiro atoms. The molecule has 1 aliphatic heterocycles. The summed E-state index contributed by atoms with van der Waals surface area (Å²) in [5.41, 5.74) is 1.31. The molecule has 1 aromatic rings. The fourth-order valence-electron chi connectivity index (χ4n) is 2.67. The molecular weight excluding hydrogens is 292 g/mol. The number of benzene rings is 1. The maximum absolute atomic E-state index is 10.3. The van der Waals surface area contributed by atoms with Gasteiger partial charge in [-0.25, -0.2) is 0 Å². The Morgan fingerprint density at radius 1 is 1.13 bits per heavy atom. The Kier molecular flexibility index (Phi) is 10.1. The van der Waals surface area contributed by atoms with E-state index in [1.807, 2.05) is 0 Å². The summed E-state index contributed by atoms with van der Waals surface area (Å²) in [5.74, 6) is 0.448. The number of piperazine rings is 1. The van der Waals surface area contributed by atoms with E-state index in [0.29, 0.717) is 19.0 Å². The zero-order chi connectivity index (χ0) is 16.9. The Bertz CT molecular complexity index is 406. The van der Waals surface area contributed by atoms with Crippen molar-refractivity contribution in [1.29, 1.82) is 0 Å². The van der Waals surface area contributed by atoms with E-state index in [-0.39, 0.29) is 0 Å². The highest BCUT2D eigenvalue weighted by molar-refractivity contribution is 5.46. The van der Waals surface area contributed by atoms with E-state index in [1.54, 1.807) is 14.2 Å². The van der Waals surface area contributed by atoms with Gasteiger partial charge < -0.3 is 14.4 Å². The second-order valence-corrected chi connectivity index (χ2v) is 5.74. The number of carbonyl (C=O) groups excluding carboxylic acids is 1. The number of methoxy groups -OCH3 is 1. The van der Waals surface area contributed by atoms with Crippen molar-refractivity contribution in [2.24, 2.45) is 5.92 Å². The van der Waals surface area contributed by atoms with Gasteiger partial charge in [-0.05, 0) is 18.6 Å². The average Bonchev–Trinajstić information content (AvgIpc) is 2.60. The first-order valence-electron chi connectivity index (χ1n) is 8.22. The maximum atomic E-state index is 10.3. The molecule has 0 bridgehead atoms. The second-order valence-electron chi connectivity index (χ2n) is 5.74. The highest BCUT2D eigenvalue weighted by atomic mass is 16.5. The molecule has 1 unspecified atom stereocenters. The molecule has 0 N–H and O–H groups in total. The first kappa shape index (κ1) is 19.5. The number of nitrogens with zero attached hydrogens (tertiary/aromatic N) is 2. The molecule has 1 heterocycles. The fraction of sp³-hybridized carbons (Fsp3) is 0.611. The van der Waals surface area contributed by atoms with Gasteiger partial charge in [-0.2, -0.15) is 0 Å². The fourth-order valence-corrected chi connectivity index (χ4v) is 2.67. The van der Waals surface area contributed by atoms with Crippen LogP contribution in [0.2, 0.25) is 0 Å². The first-order valence-corrected chi connectivity index (χ1v) is 8.22. The Morgan fingerprint density at radius 2 is 1.74 bits per heavy atom. The summed E-state index contributed by atoms with van der Waals surface area (Å²) in [6, 6.07) is 10.6. The highest BCUT2D eigenvalue weighted by Crippen LogP contribution is 2.16. The van der Waals surface area contributed by atoms with Gasteiger partial charge in [0, 0.05) is 58.5 Å². The lowest BCUT2D eigenvalue weighted by Gasteiger charge is -2.37. The van der Waals surface area contributed by atoms with Crippen LogP contribution in [-0.4, -0.2) is 64.9 Å². The van der Waals surface area contributed by atoms with Crippen LogP contribution in [0.25, 0.3) is 0 Å². The van der Waals surface area contributed by atoms with Crippen LogP contribution in [0, 0.1) is 5.92 Å². The number of hydrogen-bond donors (Lipinski definition) is 0. The van der Waals surface area contributed by atoms with Gasteiger partial charge in [0.1, 0.15) is 0 Å². The van der Waals surface area contributed by atoms with Crippen LogP contribution >= 0.6 is 0 Å². The van der Waals surface area contributed by atoms with E-state index in [1.165, 1.54) is 5.69 Å². The average molecular weight is 322 g/mol. The SMILES string of the molecule is CCC(COC=O)CN1CCN(c2ccccc2)CC1.COC. The lowest BCUT2D eigenvalue weighted by molar-refractivity contribution is -0.130. The van der Waals surface area contributed by atoms with Gasteiger partial charge in [0.05, 0.1) is 6.61 Å². The molecule has 130 valence electrons. The molecular formula is C18H30N2O3. The van der Waals surface area contributed by atoms with Crippen molar-refractivity contribution in [3.63, 3.8) is 0 Å². The lowest BCUT2D eigenvalue weighted by atomic mass is 10.1. The van der Waals surface area contributed by atoms with Crippen molar-refractivity contribution < 1.29 is 14.3 Å². The molecule has 0 aliphatic carbocycles. The molecule has 1 fully saturated rings. The molecule has 1 aromatic carbocycles. The van der Waals surface area contributed by atoms with Crippen molar-refractivity contribution in [3.8, 4) is 0 Å². The minimum absolute atomic E-state index is 0.448. The summed E-state index contributed by atoms with van der Waals surface area (Å²) >= 11 is 0. The summed E-state index contributed by atoms with van der Waals surface area (Å²) in [7, 11) is 3.25. The molecule has 0 radical (unpaired) electrons.